The van der Waals surface area contributed by atoms with Crippen LogP contribution in [0.3, 0.4) is 0 Å². The van der Waals surface area contributed by atoms with E-state index in [1.54, 1.807) is 0 Å². The molecule has 1 unspecified atom stereocenters. The molecular weight excluding hydrogens is 512 g/mol. The topological polar surface area (TPSA) is 161 Å². The number of benzene rings is 1. The summed E-state index contributed by atoms with van der Waals surface area (Å²) in [5.41, 5.74) is 2.91. The number of Topliss-reactive ketones (excluding diaryl/α,β-unsaturated/α-hetero) is 2. The van der Waals surface area contributed by atoms with Gasteiger partial charge < -0.3 is 26.2 Å². The zero-order valence-electron chi connectivity index (χ0n) is 21.5. The number of aliphatic hydroxyl groups is 3. The molecule has 38 heavy (non-hydrogen) atoms. The molecule has 9 nitrogen and oxygen atoms in total. The molecule has 2 saturated carbocycles. The summed E-state index contributed by atoms with van der Waals surface area (Å²) in [5.74, 6) is -5.37. The van der Waals surface area contributed by atoms with E-state index in [1.165, 1.54) is 18.9 Å². The maximum Gasteiger partial charge on any atom is 0.255 e. The third kappa shape index (κ3) is 4.21. The van der Waals surface area contributed by atoms with Gasteiger partial charge in [-0.3, -0.25) is 19.3 Å². The van der Waals surface area contributed by atoms with Crippen molar-refractivity contribution in [2.75, 3.05) is 13.1 Å². The molecule has 6 N–H and O–H groups in total. The average molecular weight is 545 g/mol. The molecule has 4 aliphatic carbocycles. The third-order valence-electron chi connectivity index (χ3n) is 8.30. The monoisotopic (exact) mass is 544 g/mol. The van der Waals surface area contributed by atoms with Crippen LogP contribution in [0.5, 0.6) is 5.75 Å². The Morgan fingerprint density at radius 3 is 2.50 bits per heavy atom. The average Bonchev–Trinajstić information content (AvgIpc) is 3.62. The largest absolute Gasteiger partial charge is 0.508 e. The Balaban J connectivity index is 1.56. The first kappa shape index (κ1) is 26.7. The summed E-state index contributed by atoms with van der Waals surface area (Å²) in [5, 5.41) is 44.6. The van der Waals surface area contributed by atoms with Gasteiger partial charge in [0.15, 0.2) is 11.4 Å². The minimum Gasteiger partial charge on any atom is -0.508 e. The van der Waals surface area contributed by atoms with Gasteiger partial charge in [0.25, 0.3) is 5.91 Å². The van der Waals surface area contributed by atoms with E-state index in [0.717, 1.165) is 18.7 Å². The van der Waals surface area contributed by atoms with Gasteiger partial charge in [-0.05, 0) is 60.6 Å². The first-order valence-corrected chi connectivity index (χ1v) is 13.4. The predicted molar refractivity (Wildman–Crippen MR) is 139 cm³/mol. The fraction of sp³-hybridized carbons (Fsp3) is 0.536. The van der Waals surface area contributed by atoms with Crippen molar-refractivity contribution in [2.45, 2.75) is 58.1 Å². The molecule has 4 aliphatic rings. The van der Waals surface area contributed by atoms with E-state index in [-0.39, 0.29) is 36.1 Å². The molecule has 1 aromatic carbocycles. The van der Waals surface area contributed by atoms with Crippen LogP contribution in [-0.4, -0.2) is 61.5 Å². The molecule has 0 spiro atoms. The van der Waals surface area contributed by atoms with Gasteiger partial charge in [0.2, 0.25) is 5.78 Å². The Hall–Kier alpha value is -2.88. The Morgan fingerprint density at radius 1 is 1.21 bits per heavy atom. The second kappa shape index (κ2) is 9.39. The molecule has 0 aliphatic heterocycles. The van der Waals surface area contributed by atoms with Crippen molar-refractivity contribution in [2.24, 2.45) is 29.4 Å². The van der Waals surface area contributed by atoms with Gasteiger partial charge in [-0.2, -0.15) is 0 Å². The number of amides is 1. The highest BCUT2D eigenvalue weighted by Crippen LogP contribution is 2.53. The summed E-state index contributed by atoms with van der Waals surface area (Å²) in [6, 6.07) is 1.51. The van der Waals surface area contributed by atoms with Gasteiger partial charge in [-0.1, -0.05) is 25.4 Å². The second-order valence-corrected chi connectivity index (χ2v) is 12.0. The second-order valence-electron chi connectivity index (χ2n) is 11.7. The summed E-state index contributed by atoms with van der Waals surface area (Å²) < 4.78 is 0. The van der Waals surface area contributed by atoms with Gasteiger partial charge in [-0.15, -0.1) is 0 Å². The fourth-order valence-electron chi connectivity index (χ4n) is 6.47. The van der Waals surface area contributed by atoms with Crippen LogP contribution < -0.4 is 5.73 Å². The molecule has 0 heterocycles. The van der Waals surface area contributed by atoms with Crippen molar-refractivity contribution in [1.29, 1.82) is 0 Å². The van der Waals surface area contributed by atoms with Crippen LogP contribution >= 0.6 is 11.6 Å². The first-order chi connectivity index (χ1) is 17.8. The number of hydrogen-bond donors (Lipinski definition) is 5. The number of phenolic OH excluding ortho intramolecular Hbond substituents is 1. The molecule has 1 aromatic rings. The maximum absolute atomic E-state index is 13.6. The van der Waals surface area contributed by atoms with Crippen molar-refractivity contribution in [1.82, 2.24) is 4.90 Å². The molecule has 10 heteroatoms. The zero-order chi connectivity index (χ0) is 27.7. The number of carbonyl (C=O) groups is 3. The van der Waals surface area contributed by atoms with Crippen LogP contribution in [0.25, 0.3) is 5.76 Å². The fourth-order valence-corrected chi connectivity index (χ4v) is 6.75. The van der Waals surface area contributed by atoms with Crippen molar-refractivity contribution in [3.05, 3.63) is 44.7 Å². The lowest BCUT2D eigenvalue weighted by Gasteiger charge is -2.46. The van der Waals surface area contributed by atoms with Crippen molar-refractivity contribution < 1.29 is 34.8 Å². The van der Waals surface area contributed by atoms with E-state index in [0.29, 0.717) is 29.0 Å². The number of aliphatic hydroxyl groups excluding tert-OH is 2. The van der Waals surface area contributed by atoms with Crippen LogP contribution in [-0.2, 0) is 27.3 Å². The highest BCUT2D eigenvalue weighted by atomic mass is 35.5. The number of fused-ring (bicyclic) bond motifs is 3. The number of halogens is 1. The molecule has 5 rings (SSSR count). The number of primary amides is 1. The molecule has 1 amide bonds. The van der Waals surface area contributed by atoms with Crippen LogP contribution in [0.1, 0.15) is 56.2 Å². The number of carbonyl (C=O) groups excluding carboxylic acids is 3. The smallest absolute Gasteiger partial charge is 0.255 e. The Kier molecular flexibility index (Phi) is 6.60. The quantitative estimate of drug-likeness (QED) is 0.327. The standard InChI is InChI=1S/C28H33ClN2O7/c1-12(2)9-31(10-13-3-4-13)11-15-7-18(32)21-17(23(15)29)6-14-5-16-8-19(33)22(27(30)37)26(36)28(16,38)25(35)20(14)24(21)34/h7,12-14,16,32,34,36,38H,3-6,8-11H2,1-2H3,(H2,30,37)/t14?,16-,28-/m0/s1. The van der Waals surface area contributed by atoms with Crippen molar-refractivity contribution >= 4 is 34.8 Å². The number of aromatic hydroxyl groups is 1. The van der Waals surface area contributed by atoms with Crippen LogP contribution in [0, 0.1) is 23.7 Å². The summed E-state index contributed by atoms with van der Waals surface area (Å²) in [4.78, 5) is 40.2. The van der Waals surface area contributed by atoms with Crippen molar-refractivity contribution in [3.8, 4) is 5.75 Å². The summed E-state index contributed by atoms with van der Waals surface area (Å²) in [7, 11) is 0. The zero-order valence-corrected chi connectivity index (χ0v) is 22.2. The van der Waals surface area contributed by atoms with E-state index in [2.05, 4.69) is 18.7 Å². The normalized spacial score (nSPS) is 27.1. The Labute approximate surface area is 225 Å². The lowest BCUT2D eigenvalue weighted by atomic mass is 9.59. The number of nitrogens with zero attached hydrogens (tertiary/aromatic N) is 1. The first-order valence-electron chi connectivity index (χ1n) is 13.1. The van der Waals surface area contributed by atoms with Crippen LogP contribution in [0.15, 0.2) is 23.0 Å². The minimum absolute atomic E-state index is 0.0171. The maximum atomic E-state index is 13.6. The molecule has 0 aromatic heterocycles. The van der Waals surface area contributed by atoms with Gasteiger partial charge >= 0.3 is 0 Å². The van der Waals surface area contributed by atoms with E-state index < -0.39 is 52.0 Å². The molecular formula is C28H33ClN2O7. The number of phenols is 1. The summed E-state index contributed by atoms with van der Waals surface area (Å²) in [6.07, 6.45) is 2.33. The Morgan fingerprint density at radius 2 is 1.89 bits per heavy atom. The summed E-state index contributed by atoms with van der Waals surface area (Å²) >= 11 is 6.87. The van der Waals surface area contributed by atoms with Crippen molar-refractivity contribution in [3.63, 3.8) is 0 Å². The van der Waals surface area contributed by atoms with Crippen LogP contribution in [0.2, 0.25) is 5.02 Å². The SMILES string of the molecule is CC(C)CN(Cc1cc(O)c2c(c1Cl)CC1C[C@H]3CC(=O)C(C(N)=O)=C(O)[C@@]3(O)C(=O)C1=C2O)CC1CC1. The molecule has 0 bridgehead atoms. The molecule has 3 atom stereocenters. The van der Waals surface area contributed by atoms with Crippen LogP contribution in [0.4, 0.5) is 0 Å². The molecule has 2 fully saturated rings. The highest BCUT2D eigenvalue weighted by Gasteiger charge is 2.60. The van der Waals surface area contributed by atoms with E-state index in [1.807, 2.05) is 0 Å². The van der Waals surface area contributed by atoms with Gasteiger partial charge in [0.05, 0.1) is 5.56 Å². The third-order valence-corrected chi connectivity index (χ3v) is 8.77. The molecule has 0 saturated heterocycles. The number of rotatable bonds is 7. The van der Waals surface area contributed by atoms with E-state index >= 15 is 0 Å². The molecule has 204 valence electrons. The number of nitrogens with two attached hydrogens (primary N) is 1. The number of hydrogen-bond acceptors (Lipinski definition) is 8. The highest BCUT2D eigenvalue weighted by molar-refractivity contribution is 6.32. The lowest BCUT2D eigenvalue weighted by molar-refractivity contribution is -0.147. The Bertz CT molecular complexity index is 1310. The minimum atomic E-state index is -2.57. The van der Waals surface area contributed by atoms with Gasteiger partial charge in [-0.25, -0.2) is 0 Å². The van der Waals surface area contributed by atoms with Gasteiger partial charge in [0, 0.05) is 42.6 Å². The number of ketones is 2. The van der Waals surface area contributed by atoms with Gasteiger partial charge in [0.1, 0.15) is 22.8 Å². The van der Waals surface area contributed by atoms with E-state index in [4.69, 9.17) is 17.3 Å². The molecule has 0 radical (unpaired) electrons. The van der Waals surface area contributed by atoms with E-state index in [9.17, 15) is 34.8 Å². The lowest BCUT2D eigenvalue weighted by Crippen LogP contribution is -2.58. The summed E-state index contributed by atoms with van der Waals surface area (Å²) in [6.45, 7) is 6.63. The predicted octanol–water partition coefficient (Wildman–Crippen LogP) is 2.95.